The van der Waals surface area contributed by atoms with Gasteiger partial charge in [0.1, 0.15) is 5.69 Å². The van der Waals surface area contributed by atoms with E-state index in [1.165, 1.54) is 4.90 Å². The molecule has 2 saturated heterocycles. The van der Waals surface area contributed by atoms with Crippen LogP contribution in [0.3, 0.4) is 0 Å². The van der Waals surface area contributed by atoms with Gasteiger partial charge in [0.25, 0.3) is 16.8 Å². The monoisotopic (exact) mass is 552 g/mol. The van der Waals surface area contributed by atoms with Crippen LogP contribution in [0.15, 0.2) is 53.4 Å². The summed E-state index contributed by atoms with van der Waals surface area (Å²) in [5.41, 5.74) is 4.33. The number of hydrogen-bond donors (Lipinski definition) is 0. The number of carbonyl (C=O) groups is 2. The lowest BCUT2D eigenvalue weighted by Crippen LogP contribution is -2.36. The quantitative estimate of drug-likeness (QED) is 0.219. The molecule has 2 aliphatic heterocycles. The third-order valence-electron chi connectivity index (χ3n) is 6.68. The molecule has 0 bridgehead atoms. The van der Waals surface area contributed by atoms with E-state index in [1.54, 1.807) is 36.4 Å². The van der Waals surface area contributed by atoms with Crippen molar-refractivity contribution in [3.05, 3.63) is 91.1 Å². The summed E-state index contributed by atoms with van der Waals surface area (Å²) in [7, 11) is 0. The maximum absolute atomic E-state index is 13.1. The molecule has 38 heavy (non-hydrogen) atoms. The van der Waals surface area contributed by atoms with E-state index < -0.39 is 0 Å². The standard InChI is InChI=1S/C27H25ClN4O5S/c1-17-13-20(14-25-26(33)30(27(34)38-25)16-19-5-3-4-6-22(19)28)18(2)31(17)21-7-8-23(24(15-21)32(35)36)29-9-11-37-12-10-29/h3-8,13-15H,9-12,16H2,1-2H3/b25-14-. The van der Waals surface area contributed by atoms with Crippen molar-refractivity contribution in [1.29, 1.82) is 0 Å². The van der Waals surface area contributed by atoms with E-state index in [9.17, 15) is 19.7 Å². The number of hydrogen-bond acceptors (Lipinski definition) is 7. The number of ether oxygens (including phenoxy) is 1. The number of benzene rings is 2. The molecule has 2 amide bonds. The lowest BCUT2D eigenvalue weighted by molar-refractivity contribution is -0.384. The highest BCUT2D eigenvalue weighted by Crippen LogP contribution is 2.36. The largest absolute Gasteiger partial charge is 0.378 e. The number of aromatic nitrogens is 1. The van der Waals surface area contributed by atoms with Crippen LogP contribution >= 0.6 is 23.4 Å². The van der Waals surface area contributed by atoms with Gasteiger partial charge in [-0.15, -0.1) is 0 Å². The Labute approximate surface area is 228 Å². The van der Waals surface area contributed by atoms with Crippen LogP contribution in [-0.2, 0) is 16.1 Å². The van der Waals surface area contributed by atoms with Gasteiger partial charge in [-0.2, -0.15) is 0 Å². The number of morpholine rings is 1. The molecule has 2 aromatic carbocycles. The zero-order valence-corrected chi connectivity index (χ0v) is 22.4. The second-order valence-electron chi connectivity index (χ2n) is 9.05. The van der Waals surface area contributed by atoms with Gasteiger partial charge in [0.05, 0.1) is 35.3 Å². The predicted molar refractivity (Wildman–Crippen MR) is 148 cm³/mol. The normalized spacial score (nSPS) is 17.1. The summed E-state index contributed by atoms with van der Waals surface area (Å²) in [6.45, 7) is 6.13. The Hall–Kier alpha value is -3.60. The summed E-state index contributed by atoms with van der Waals surface area (Å²) in [5.74, 6) is -0.379. The fraction of sp³-hybridized carbons (Fsp3) is 0.259. The molecule has 2 aliphatic rings. The van der Waals surface area contributed by atoms with E-state index in [0.29, 0.717) is 53.2 Å². The van der Waals surface area contributed by atoms with Crippen molar-refractivity contribution in [3.8, 4) is 5.69 Å². The number of amides is 2. The minimum Gasteiger partial charge on any atom is -0.378 e. The molecular formula is C27H25ClN4O5S. The van der Waals surface area contributed by atoms with Crippen LogP contribution in [0.5, 0.6) is 0 Å². The zero-order valence-electron chi connectivity index (χ0n) is 20.8. The van der Waals surface area contributed by atoms with Crippen LogP contribution in [0.4, 0.5) is 16.2 Å². The maximum atomic E-state index is 13.1. The van der Waals surface area contributed by atoms with Crippen molar-refractivity contribution < 1.29 is 19.2 Å². The van der Waals surface area contributed by atoms with E-state index in [0.717, 1.165) is 28.7 Å². The molecule has 1 aromatic heterocycles. The topological polar surface area (TPSA) is 97.9 Å². The Kier molecular flexibility index (Phi) is 7.29. The Morgan fingerprint density at radius 1 is 1.11 bits per heavy atom. The zero-order chi connectivity index (χ0) is 27.0. The number of aryl methyl sites for hydroxylation is 1. The van der Waals surface area contributed by atoms with Gasteiger partial charge in [-0.1, -0.05) is 29.8 Å². The highest BCUT2D eigenvalue weighted by atomic mass is 35.5. The molecule has 0 unspecified atom stereocenters. The average molecular weight is 553 g/mol. The molecule has 0 radical (unpaired) electrons. The van der Waals surface area contributed by atoms with Crippen molar-refractivity contribution in [2.75, 3.05) is 31.2 Å². The van der Waals surface area contributed by atoms with E-state index in [-0.39, 0.29) is 28.3 Å². The Balaban J connectivity index is 1.45. The summed E-state index contributed by atoms with van der Waals surface area (Å²) in [5, 5.41) is 12.1. The number of nitro groups is 1. The average Bonchev–Trinajstić information content (AvgIpc) is 3.34. The van der Waals surface area contributed by atoms with Crippen LogP contribution in [0.1, 0.15) is 22.5 Å². The van der Waals surface area contributed by atoms with E-state index in [2.05, 4.69) is 0 Å². The van der Waals surface area contributed by atoms with Gasteiger partial charge in [0, 0.05) is 35.6 Å². The molecule has 3 heterocycles. The lowest BCUT2D eigenvalue weighted by Gasteiger charge is -2.28. The van der Waals surface area contributed by atoms with Gasteiger partial charge < -0.3 is 14.2 Å². The van der Waals surface area contributed by atoms with Gasteiger partial charge in [-0.3, -0.25) is 24.6 Å². The predicted octanol–water partition coefficient (Wildman–Crippen LogP) is 5.73. The van der Waals surface area contributed by atoms with Crippen molar-refractivity contribution >= 4 is 52.0 Å². The highest BCUT2D eigenvalue weighted by molar-refractivity contribution is 8.18. The first-order valence-electron chi connectivity index (χ1n) is 12.0. The molecule has 0 N–H and O–H groups in total. The number of nitrogens with zero attached hydrogens (tertiary/aromatic N) is 4. The first-order chi connectivity index (χ1) is 18.2. The van der Waals surface area contributed by atoms with E-state index in [1.807, 2.05) is 41.5 Å². The number of carbonyl (C=O) groups excluding carboxylic acids is 2. The van der Waals surface area contributed by atoms with Crippen LogP contribution in [0.25, 0.3) is 11.8 Å². The third kappa shape index (κ3) is 4.94. The highest BCUT2D eigenvalue weighted by Gasteiger charge is 2.35. The molecule has 3 aromatic rings. The van der Waals surface area contributed by atoms with E-state index in [4.69, 9.17) is 16.3 Å². The number of imide groups is 1. The molecular weight excluding hydrogens is 528 g/mol. The van der Waals surface area contributed by atoms with Crippen LogP contribution in [-0.4, -0.2) is 51.8 Å². The first-order valence-corrected chi connectivity index (χ1v) is 13.2. The smallest absolute Gasteiger partial charge is 0.294 e. The van der Waals surface area contributed by atoms with Gasteiger partial charge >= 0.3 is 0 Å². The Bertz CT molecular complexity index is 1480. The molecule has 0 spiro atoms. The molecule has 0 aliphatic carbocycles. The Morgan fingerprint density at radius 2 is 1.84 bits per heavy atom. The fourth-order valence-electron chi connectivity index (χ4n) is 4.77. The number of nitro benzene ring substituents is 1. The maximum Gasteiger partial charge on any atom is 0.294 e. The van der Waals surface area contributed by atoms with Gasteiger partial charge in [0.2, 0.25) is 0 Å². The van der Waals surface area contributed by atoms with Gasteiger partial charge in [0.15, 0.2) is 0 Å². The molecule has 196 valence electrons. The van der Waals surface area contributed by atoms with Crippen molar-refractivity contribution in [2.24, 2.45) is 0 Å². The molecule has 5 rings (SSSR count). The minimum absolute atomic E-state index is 0.0270. The van der Waals surface area contributed by atoms with Crippen molar-refractivity contribution in [3.63, 3.8) is 0 Å². The van der Waals surface area contributed by atoms with Gasteiger partial charge in [-0.25, -0.2) is 0 Å². The van der Waals surface area contributed by atoms with Crippen LogP contribution < -0.4 is 4.90 Å². The van der Waals surface area contributed by atoms with Crippen LogP contribution in [0.2, 0.25) is 5.02 Å². The molecule has 11 heteroatoms. The number of thioether (sulfide) groups is 1. The third-order valence-corrected chi connectivity index (χ3v) is 7.96. The number of anilines is 1. The summed E-state index contributed by atoms with van der Waals surface area (Å²) < 4.78 is 7.29. The summed E-state index contributed by atoms with van der Waals surface area (Å²) in [4.78, 5) is 40.8. The molecule has 0 atom stereocenters. The summed E-state index contributed by atoms with van der Waals surface area (Å²) in [6, 6.07) is 14.2. The summed E-state index contributed by atoms with van der Waals surface area (Å²) >= 11 is 7.11. The fourth-order valence-corrected chi connectivity index (χ4v) is 5.80. The molecule has 9 nitrogen and oxygen atoms in total. The van der Waals surface area contributed by atoms with E-state index >= 15 is 0 Å². The molecule has 0 saturated carbocycles. The number of halogens is 1. The van der Waals surface area contributed by atoms with Crippen molar-refractivity contribution in [2.45, 2.75) is 20.4 Å². The SMILES string of the molecule is Cc1cc(/C=C2\SC(=O)N(Cc3ccccc3Cl)C2=O)c(C)n1-c1ccc(N2CCOCC2)c([N+](=O)[O-])c1. The minimum atomic E-state index is -0.379. The first kappa shape index (κ1) is 26.0. The van der Waals surface area contributed by atoms with Crippen molar-refractivity contribution in [1.82, 2.24) is 9.47 Å². The Morgan fingerprint density at radius 3 is 2.55 bits per heavy atom. The second kappa shape index (κ2) is 10.6. The molecule has 2 fully saturated rings. The summed E-state index contributed by atoms with van der Waals surface area (Å²) in [6.07, 6.45) is 1.70. The van der Waals surface area contributed by atoms with Gasteiger partial charge in [-0.05, 0) is 67.1 Å². The second-order valence-corrected chi connectivity index (χ2v) is 10.5. The number of rotatable bonds is 6. The van der Waals surface area contributed by atoms with Crippen LogP contribution in [0, 0.1) is 24.0 Å². The lowest BCUT2D eigenvalue weighted by atomic mass is 10.2.